The van der Waals surface area contributed by atoms with Crippen molar-refractivity contribution in [2.75, 3.05) is 66.0 Å². The number of nitrogens with zero attached hydrogens (tertiary/aromatic N) is 4. The minimum absolute atomic E-state index is 0.197. The third-order valence-corrected chi connectivity index (χ3v) is 5.38. The van der Waals surface area contributed by atoms with Crippen LogP contribution in [0.4, 0.5) is 4.79 Å². The van der Waals surface area contributed by atoms with Crippen LogP contribution in [0.5, 0.6) is 0 Å². The summed E-state index contributed by atoms with van der Waals surface area (Å²) in [5, 5.41) is 6.90. The SMILES string of the molecule is CCNC(=NCC(C)N1CCN(C)CC1)NC1CCN(C(=O)OCC)CC1. The Balaban J connectivity index is 1.79. The molecule has 1 amide bonds. The molecule has 2 aliphatic rings. The van der Waals surface area contributed by atoms with Gasteiger partial charge in [0, 0.05) is 57.9 Å². The molecule has 2 fully saturated rings. The normalized spacial score (nSPS) is 21.8. The van der Waals surface area contributed by atoms with Crippen molar-refractivity contribution in [1.29, 1.82) is 0 Å². The quantitative estimate of drug-likeness (QED) is 0.523. The fourth-order valence-electron chi connectivity index (χ4n) is 3.54. The average Bonchev–Trinajstić information content (AvgIpc) is 2.67. The first kappa shape index (κ1) is 21.8. The smallest absolute Gasteiger partial charge is 0.409 e. The van der Waals surface area contributed by atoms with Gasteiger partial charge in [-0.15, -0.1) is 0 Å². The van der Waals surface area contributed by atoms with Gasteiger partial charge in [-0.05, 0) is 40.7 Å². The summed E-state index contributed by atoms with van der Waals surface area (Å²) in [6.07, 6.45) is 1.63. The van der Waals surface area contributed by atoms with Gasteiger partial charge >= 0.3 is 6.09 Å². The van der Waals surface area contributed by atoms with Gasteiger partial charge in [-0.25, -0.2) is 4.79 Å². The lowest BCUT2D eigenvalue weighted by atomic mass is 10.1. The summed E-state index contributed by atoms with van der Waals surface area (Å²) in [5.74, 6) is 0.882. The summed E-state index contributed by atoms with van der Waals surface area (Å²) in [6.45, 7) is 14.2. The molecule has 156 valence electrons. The molecule has 2 N–H and O–H groups in total. The van der Waals surface area contributed by atoms with Crippen LogP contribution < -0.4 is 10.6 Å². The molecule has 0 aromatic heterocycles. The van der Waals surface area contributed by atoms with E-state index in [1.165, 1.54) is 0 Å². The Morgan fingerprint density at radius 1 is 1.15 bits per heavy atom. The Morgan fingerprint density at radius 2 is 1.81 bits per heavy atom. The highest BCUT2D eigenvalue weighted by molar-refractivity contribution is 5.80. The second-order valence-electron chi connectivity index (χ2n) is 7.51. The van der Waals surface area contributed by atoms with Crippen LogP contribution in [0.25, 0.3) is 0 Å². The van der Waals surface area contributed by atoms with Crippen LogP contribution >= 0.6 is 0 Å². The van der Waals surface area contributed by atoms with Crippen molar-refractivity contribution in [3.05, 3.63) is 0 Å². The van der Waals surface area contributed by atoms with Gasteiger partial charge in [-0.1, -0.05) is 0 Å². The number of likely N-dealkylation sites (tertiary alicyclic amines) is 1. The number of ether oxygens (including phenoxy) is 1. The van der Waals surface area contributed by atoms with E-state index in [1.54, 1.807) is 4.90 Å². The van der Waals surface area contributed by atoms with Gasteiger partial charge in [0.2, 0.25) is 0 Å². The predicted molar refractivity (Wildman–Crippen MR) is 109 cm³/mol. The number of amides is 1. The largest absolute Gasteiger partial charge is 0.450 e. The van der Waals surface area contributed by atoms with Gasteiger partial charge in [0.25, 0.3) is 0 Å². The molecule has 0 aliphatic carbocycles. The summed E-state index contributed by atoms with van der Waals surface area (Å²) < 4.78 is 5.09. The highest BCUT2D eigenvalue weighted by Crippen LogP contribution is 2.11. The molecule has 8 nitrogen and oxygen atoms in total. The number of nitrogens with one attached hydrogen (secondary N) is 2. The van der Waals surface area contributed by atoms with E-state index in [9.17, 15) is 4.79 Å². The van der Waals surface area contributed by atoms with E-state index in [0.717, 1.165) is 71.2 Å². The molecular formula is C19H38N6O2. The zero-order valence-electron chi connectivity index (χ0n) is 17.5. The number of piperidine rings is 1. The van der Waals surface area contributed by atoms with Crippen molar-refractivity contribution in [1.82, 2.24) is 25.3 Å². The third-order valence-electron chi connectivity index (χ3n) is 5.38. The van der Waals surface area contributed by atoms with Gasteiger partial charge < -0.3 is 25.2 Å². The number of likely N-dealkylation sites (N-methyl/N-ethyl adjacent to an activating group) is 1. The lowest BCUT2D eigenvalue weighted by Gasteiger charge is -2.36. The molecule has 0 spiro atoms. The van der Waals surface area contributed by atoms with Crippen molar-refractivity contribution in [3.8, 4) is 0 Å². The Bertz CT molecular complexity index is 471. The molecule has 1 unspecified atom stereocenters. The van der Waals surface area contributed by atoms with E-state index in [-0.39, 0.29) is 6.09 Å². The molecular weight excluding hydrogens is 344 g/mol. The number of hydrogen-bond acceptors (Lipinski definition) is 5. The first-order valence-corrected chi connectivity index (χ1v) is 10.4. The fraction of sp³-hybridized carbons (Fsp3) is 0.895. The third kappa shape index (κ3) is 7.18. The molecule has 0 aromatic carbocycles. The molecule has 2 rings (SSSR count). The van der Waals surface area contributed by atoms with E-state index in [0.29, 0.717) is 18.7 Å². The first-order valence-electron chi connectivity index (χ1n) is 10.4. The molecule has 0 bridgehead atoms. The topological polar surface area (TPSA) is 72.4 Å². The standard InChI is InChI=1S/C19H38N6O2/c1-5-20-18(21-15-16(3)24-13-11-23(4)12-14-24)22-17-7-9-25(10-8-17)19(26)27-6-2/h16-17H,5-15H2,1-4H3,(H2,20,21,22). The van der Waals surface area contributed by atoms with Crippen molar-refractivity contribution in [3.63, 3.8) is 0 Å². The average molecular weight is 383 g/mol. The molecule has 2 aliphatic heterocycles. The Hall–Kier alpha value is -1.54. The highest BCUT2D eigenvalue weighted by atomic mass is 16.6. The summed E-state index contributed by atoms with van der Waals surface area (Å²) in [7, 11) is 2.18. The molecule has 2 saturated heterocycles. The van der Waals surface area contributed by atoms with Crippen LogP contribution in [0.2, 0.25) is 0 Å². The molecule has 0 radical (unpaired) electrons. The highest BCUT2D eigenvalue weighted by Gasteiger charge is 2.24. The molecule has 0 saturated carbocycles. The lowest BCUT2D eigenvalue weighted by Crippen LogP contribution is -2.51. The van der Waals surface area contributed by atoms with Gasteiger partial charge in [-0.2, -0.15) is 0 Å². The zero-order valence-corrected chi connectivity index (χ0v) is 17.5. The maximum absolute atomic E-state index is 11.8. The van der Waals surface area contributed by atoms with E-state index in [2.05, 4.69) is 41.3 Å². The van der Waals surface area contributed by atoms with Crippen molar-refractivity contribution in [2.45, 2.75) is 45.7 Å². The number of rotatable bonds is 6. The molecule has 0 aromatic rings. The van der Waals surface area contributed by atoms with Gasteiger partial charge in [0.1, 0.15) is 0 Å². The molecule has 1 atom stereocenters. The van der Waals surface area contributed by atoms with E-state index in [4.69, 9.17) is 9.73 Å². The number of guanidine groups is 1. The first-order chi connectivity index (χ1) is 13.0. The number of piperazine rings is 1. The molecule has 27 heavy (non-hydrogen) atoms. The fourth-order valence-corrected chi connectivity index (χ4v) is 3.54. The van der Waals surface area contributed by atoms with Crippen LogP contribution in [0.1, 0.15) is 33.6 Å². The maximum Gasteiger partial charge on any atom is 0.409 e. The van der Waals surface area contributed by atoms with Crippen LogP contribution in [0, 0.1) is 0 Å². The minimum atomic E-state index is -0.197. The number of hydrogen-bond donors (Lipinski definition) is 2. The summed E-state index contributed by atoms with van der Waals surface area (Å²) in [6, 6.07) is 0.784. The second kappa shape index (κ2) is 11.3. The Kier molecular flexibility index (Phi) is 9.14. The van der Waals surface area contributed by atoms with Gasteiger partial charge in [0.15, 0.2) is 5.96 Å². The predicted octanol–water partition coefficient (Wildman–Crippen LogP) is 0.798. The Labute approximate surface area is 164 Å². The number of carbonyl (C=O) groups excluding carboxylic acids is 1. The van der Waals surface area contributed by atoms with Crippen LogP contribution in [0.3, 0.4) is 0 Å². The maximum atomic E-state index is 11.8. The Morgan fingerprint density at radius 3 is 2.41 bits per heavy atom. The van der Waals surface area contributed by atoms with Crippen molar-refractivity contribution < 1.29 is 9.53 Å². The van der Waals surface area contributed by atoms with Crippen LogP contribution in [0.15, 0.2) is 4.99 Å². The van der Waals surface area contributed by atoms with Gasteiger partial charge in [0.05, 0.1) is 13.2 Å². The van der Waals surface area contributed by atoms with Gasteiger partial charge in [-0.3, -0.25) is 9.89 Å². The monoisotopic (exact) mass is 382 g/mol. The lowest BCUT2D eigenvalue weighted by molar-refractivity contribution is 0.0963. The summed E-state index contributed by atoms with van der Waals surface area (Å²) >= 11 is 0. The van der Waals surface area contributed by atoms with E-state index >= 15 is 0 Å². The minimum Gasteiger partial charge on any atom is -0.450 e. The number of aliphatic imine (C=N–C) groups is 1. The zero-order chi connectivity index (χ0) is 19.6. The van der Waals surface area contributed by atoms with E-state index in [1.807, 2.05) is 6.92 Å². The summed E-state index contributed by atoms with van der Waals surface area (Å²) in [4.78, 5) is 23.3. The van der Waals surface area contributed by atoms with Crippen LogP contribution in [-0.4, -0.2) is 105 Å². The summed E-state index contributed by atoms with van der Waals surface area (Å²) in [5.41, 5.74) is 0. The molecule has 8 heteroatoms. The van der Waals surface area contributed by atoms with E-state index < -0.39 is 0 Å². The second-order valence-corrected chi connectivity index (χ2v) is 7.51. The number of carbonyl (C=O) groups is 1. The van der Waals surface area contributed by atoms with Crippen molar-refractivity contribution in [2.24, 2.45) is 4.99 Å². The molecule has 2 heterocycles. The van der Waals surface area contributed by atoms with Crippen molar-refractivity contribution >= 4 is 12.1 Å². The van der Waals surface area contributed by atoms with Crippen LogP contribution in [-0.2, 0) is 4.74 Å².